The molecule has 2 saturated heterocycles. The van der Waals surface area contributed by atoms with E-state index in [1.54, 1.807) is 0 Å². The van der Waals surface area contributed by atoms with Gasteiger partial charge < -0.3 is 10.1 Å². The average Bonchev–Trinajstić information content (AvgIpc) is 2.20. The topological polar surface area (TPSA) is 26.7 Å². The maximum absolute atomic E-state index is 9.24. The Kier molecular flexibility index (Phi) is 5.17. The first-order valence-corrected chi connectivity index (χ1v) is 5.54. The van der Waals surface area contributed by atoms with Crippen LogP contribution in [0.5, 0.6) is 0 Å². The van der Waals surface area contributed by atoms with Gasteiger partial charge in [0.2, 0.25) is 0 Å². The van der Waals surface area contributed by atoms with Crippen LogP contribution in [0.3, 0.4) is 0 Å². The Hall–Kier alpha value is 0.170. The molecule has 4 heteroatoms. The molecule has 0 aliphatic carbocycles. The number of piperidine rings is 2. The summed E-state index contributed by atoms with van der Waals surface area (Å²) < 4.78 is 0. The summed E-state index contributed by atoms with van der Waals surface area (Å²) >= 11 is 0. The minimum Gasteiger partial charge on any atom is -0.314 e. The molecular formula is C10H23ClN2O. The molecule has 1 N–H and O–H groups in total. The number of hydrogen-bond donors (Lipinski definition) is 1. The lowest BCUT2D eigenvalue weighted by Crippen LogP contribution is -2.45. The smallest absolute Gasteiger partial charge is 0.0253 e. The zero-order valence-electron chi connectivity index (χ0n) is 8.69. The van der Waals surface area contributed by atoms with E-state index in [9.17, 15) is 5.21 Å². The van der Waals surface area contributed by atoms with Crippen molar-refractivity contribution in [2.45, 2.75) is 38.1 Å². The predicted molar refractivity (Wildman–Crippen MR) is 61.2 cm³/mol. The lowest BCUT2D eigenvalue weighted by molar-refractivity contribution is -0.116. The highest BCUT2D eigenvalue weighted by molar-refractivity contribution is 5.85. The highest BCUT2D eigenvalue weighted by Gasteiger charge is 2.24. The van der Waals surface area contributed by atoms with E-state index in [1.807, 2.05) is 0 Å². The number of halogens is 1. The monoisotopic (exact) mass is 222 g/mol. The minimum absolute atomic E-state index is 0. The number of rotatable bonds is 1. The molecule has 0 saturated carbocycles. The molecule has 0 unspecified atom stereocenters. The quantitative estimate of drug-likeness (QED) is 0.735. The van der Waals surface area contributed by atoms with Crippen molar-refractivity contribution in [1.29, 1.82) is 0 Å². The Morgan fingerprint density at radius 3 is 2.07 bits per heavy atom. The minimum atomic E-state index is 0. The van der Waals surface area contributed by atoms with Gasteiger partial charge in [0.1, 0.15) is 0 Å². The van der Waals surface area contributed by atoms with Crippen molar-refractivity contribution in [2.75, 3.05) is 26.2 Å². The van der Waals surface area contributed by atoms with Crippen LogP contribution < -0.4 is 0 Å². The summed E-state index contributed by atoms with van der Waals surface area (Å²) in [4.78, 5) is 2.62. The Morgan fingerprint density at radius 2 is 1.50 bits per heavy atom. The molecule has 86 valence electrons. The SMILES string of the molecule is Cl.ON1CCC(N2CCCCC2)CC1.[HH]. The Morgan fingerprint density at radius 1 is 0.929 bits per heavy atom. The molecule has 0 atom stereocenters. The maximum atomic E-state index is 9.24. The first-order valence-electron chi connectivity index (χ1n) is 5.54. The van der Waals surface area contributed by atoms with Gasteiger partial charge in [-0.3, -0.25) is 0 Å². The van der Waals surface area contributed by atoms with E-state index in [0.29, 0.717) is 0 Å². The van der Waals surface area contributed by atoms with Crippen molar-refractivity contribution in [3.8, 4) is 0 Å². The van der Waals surface area contributed by atoms with Crippen LogP contribution in [-0.2, 0) is 0 Å². The highest BCUT2D eigenvalue weighted by Crippen LogP contribution is 2.19. The Labute approximate surface area is 93.9 Å². The third kappa shape index (κ3) is 3.09. The normalized spacial score (nSPS) is 27.2. The molecule has 2 rings (SSSR count). The number of hydroxylamine groups is 2. The van der Waals surface area contributed by atoms with Gasteiger partial charge in [-0.15, -0.1) is 12.4 Å². The highest BCUT2D eigenvalue weighted by atomic mass is 35.5. The third-order valence-corrected chi connectivity index (χ3v) is 3.35. The van der Waals surface area contributed by atoms with E-state index in [4.69, 9.17) is 0 Å². The number of hydrogen-bond acceptors (Lipinski definition) is 3. The molecule has 2 heterocycles. The predicted octanol–water partition coefficient (Wildman–Crippen LogP) is 1.99. The fourth-order valence-electron chi connectivity index (χ4n) is 2.50. The molecular weight excluding hydrogens is 200 g/mol. The van der Waals surface area contributed by atoms with Crippen molar-refractivity contribution in [3.05, 3.63) is 0 Å². The van der Waals surface area contributed by atoms with Gasteiger partial charge in [-0.25, -0.2) is 0 Å². The van der Waals surface area contributed by atoms with E-state index < -0.39 is 0 Å². The molecule has 0 aromatic heterocycles. The molecule has 2 fully saturated rings. The van der Waals surface area contributed by atoms with Gasteiger partial charge >= 0.3 is 0 Å². The summed E-state index contributed by atoms with van der Waals surface area (Å²) in [5.41, 5.74) is 0. The summed E-state index contributed by atoms with van der Waals surface area (Å²) in [7, 11) is 0. The summed E-state index contributed by atoms with van der Waals surface area (Å²) in [6.45, 7) is 4.30. The third-order valence-electron chi connectivity index (χ3n) is 3.35. The molecule has 3 nitrogen and oxygen atoms in total. The summed E-state index contributed by atoms with van der Waals surface area (Å²) in [6, 6.07) is 0.753. The van der Waals surface area contributed by atoms with Gasteiger partial charge in [0.05, 0.1) is 0 Å². The van der Waals surface area contributed by atoms with Crippen LogP contribution in [0.25, 0.3) is 0 Å². The van der Waals surface area contributed by atoms with Gasteiger partial charge in [0.25, 0.3) is 0 Å². The standard InChI is InChI=1S/C10H20N2O.ClH.H2/c13-12-8-4-10(5-9-12)11-6-2-1-3-7-11;;/h10,13H,1-9H2;2*1H. The van der Waals surface area contributed by atoms with E-state index in [-0.39, 0.29) is 13.8 Å². The van der Waals surface area contributed by atoms with E-state index in [0.717, 1.165) is 32.0 Å². The van der Waals surface area contributed by atoms with Crippen molar-refractivity contribution in [1.82, 2.24) is 9.96 Å². The zero-order chi connectivity index (χ0) is 9.10. The summed E-state index contributed by atoms with van der Waals surface area (Å²) in [5, 5.41) is 10.7. The van der Waals surface area contributed by atoms with Crippen LogP contribution in [0.2, 0.25) is 0 Å². The van der Waals surface area contributed by atoms with Gasteiger partial charge in [0, 0.05) is 20.6 Å². The number of likely N-dealkylation sites (tertiary alicyclic amines) is 1. The molecule has 0 amide bonds. The molecule has 0 spiro atoms. The molecule has 0 aromatic carbocycles. The molecule has 0 aromatic rings. The van der Waals surface area contributed by atoms with Crippen molar-refractivity contribution in [2.24, 2.45) is 0 Å². The fraction of sp³-hybridized carbons (Fsp3) is 1.00. The number of nitrogens with zero attached hydrogens (tertiary/aromatic N) is 2. The van der Waals surface area contributed by atoms with Crippen LogP contribution in [0.4, 0.5) is 0 Å². The average molecular weight is 223 g/mol. The van der Waals surface area contributed by atoms with Gasteiger partial charge in [0.15, 0.2) is 0 Å². The van der Waals surface area contributed by atoms with Crippen LogP contribution >= 0.6 is 12.4 Å². The van der Waals surface area contributed by atoms with Crippen LogP contribution in [0.1, 0.15) is 33.5 Å². The second-order valence-corrected chi connectivity index (χ2v) is 4.28. The van der Waals surface area contributed by atoms with Gasteiger partial charge in [-0.05, 0) is 38.8 Å². The van der Waals surface area contributed by atoms with Crippen molar-refractivity contribution < 1.29 is 6.63 Å². The molecule has 2 aliphatic heterocycles. The zero-order valence-corrected chi connectivity index (χ0v) is 9.51. The van der Waals surface area contributed by atoms with E-state index in [2.05, 4.69) is 4.90 Å². The largest absolute Gasteiger partial charge is 0.314 e. The molecule has 14 heavy (non-hydrogen) atoms. The van der Waals surface area contributed by atoms with E-state index >= 15 is 0 Å². The Balaban J connectivity index is 0.000000980. The summed E-state index contributed by atoms with van der Waals surface area (Å²) in [5.74, 6) is 0. The molecule has 0 radical (unpaired) electrons. The lowest BCUT2D eigenvalue weighted by atomic mass is 10.0. The Bertz CT molecular complexity index is 160. The second kappa shape index (κ2) is 5.91. The first kappa shape index (κ1) is 12.2. The molecule has 0 bridgehead atoms. The van der Waals surface area contributed by atoms with E-state index in [1.165, 1.54) is 37.4 Å². The molecule has 2 aliphatic rings. The van der Waals surface area contributed by atoms with Crippen molar-refractivity contribution in [3.63, 3.8) is 0 Å². The maximum Gasteiger partial charge on any atom is 0.0253 e. The van der Waals surface area contributed by atoms with Crippen LogP contribution in [0.15, 0.2) is 0 Å². The van der Waals surface area contributed by atoms with Crippen LogP contribution in [-0.4, -0.2) is 47.4 Å². The summed E-state index contributed by atoms with van der Waals surface area (Å²) in [6.07, 6.45) is 6.46. The lowest BCUT2D eigenvalue weighted by Gasteiger charge is -2.38. The first-order chi connectivity index (χ1) is 6.36. The fourth-order valence-corrected chi connectivity index (χ4v) is 2.50. The van der Waals surface area contributed by atoms with Crippen LogP contribution in [0, 0.1) is 0 Å². The van der Waals surface area contributed by atoms with Gasteiger partial charge in [-0.2, -0.15) is 5.06 Å². The van der Waals surface area contributed by atoms with Crippen molar-refractivity contribution >= 4 is 12.4 Å². The second-order valence-electron chi connectivity index (χ2n) is 4.28. The van der Waals surface area contributed by atoms with Gasteiger partial charge in [-0.1, -0.05) is 6.42 Å².